The third-order valence-electron chi connectivity index (χ3n) is 6.28. The second kappa shape index (κ2) is 8.87. The van der Waals surface area contributed by atoms with Gasteiger partial charge in [-0.15, -0.1) is 0 Å². The summed E-state index contributed by atoms with van der Waals surface area (Å²) in [6.07, 6.45) is 3.39. The van der Waals surface area contributed by atoms with Gasteiger partial charge in [0.2, 0.25) is 5.91 Å². The minimum absolute atomic E-state index is 0.00225. The Bertz CT molecular complexity index is 1140. The Hall–Kier alpha value is -3.60. The van der Waals surface area contributed by atoms with E-state index in [1.807, 2.05) is 59.5 Å². The number of anilines is 1. The third kappa shape index (κ3) is 4.24. The molecule has 162 valence electrons. The monoisotopic (exact) mass is 426 g/mol. The van der Waals surface area contributed by atoms with Gasteiger partial charge < -0.3 is 15.0 Å². The Morgan fingerprint density at radius 3 is 2.69 bits per heavy atom. The molecule has 1 heterocycles. The zero-order valence-corrected chi connectivity index (χ0v) is 17.9. The molecule has 0 aromatic heterocycles. The molecular formula is C27H26N2O3. The summed E-state index contributed by atoms with van der Waals surface area (Å²) < 4.78 is 5.82. The van der Waals surface area contributed by atoms with Gasteiger partial charge in [0.1, 0.15) is 5.75 Å². The summed E-state index contributed by atoms with van der Waals surface area (Å²) in [5.41, 5.74) is 5.16. The van der Waals surface area contributed by atoms with Crippen LogP contribution < -0.4 is 10.1 Å². The molecule has 0 saturated carbocycles. The lowest BCUT2D eigenvalue weighted by Gasteiger charge is -2.35. The highest BCUT2D eigenvalue weighted by Gasteiger charge is 2.32. The summed E-state index contributed by atoms with van der Waals surface area (Å²) in [6.45, 7) is 0.501. The molecule has 2 amide bonds. The molecule has 5 rings (SSSR count). The van der Waals surface area contributed by atoms with E-state index < -0.39 is 0 Å². The van der Waals surface area contributed by atoms with Crippen LogP contribution in [0.1, 0.15) is 41.1 Å². The quantitative estimate of drug-likeness (QED) is 0.660. The molecule has 1 atom stereocenters. The number of aryl methyl sites for hydroxylation is 1. The predicted octanol–water partition coefficient (Wildman–Crippen LogP) is 4.67. The number of rotatable bonds is 4. The number of nitrogens with zero attached hydrogens (tertiary/aromatic N) is 1. The molecule has 0 bridgehead atoms. The van der Waals surface area contributed by atoms with Crippen molar-refractivity contribution in [1.82, 2.24) is 4.90 Å². The molecular weight excluding hydrogens is 400 g/mol. The van der Waals surface area contributed by atoms with E-state index in [0.29, 0.717) is 24.4 Å². The van der Waals surface area contributed by atoms with E-state index in [2.05, 4.69) is 23.5 Å². The normalized spacial score (nSPS) is 17.6. The number of hydrogen-bond acceptors (Lipinski definition) is 3. The Morgan fingerprint density at radius 2 is 1.81 bits per heavy atom. The molecule has 0 spiro atoms. The summed E-state index contributed by atoms with van der Waals surface area (Å²) in [4.78, 5) is 27.4. The fourth-order valence-corrected chi connectivity index (χ4v) is 4.74. The number of hydrogen-bond donors (Lipinski definition) is 1. The SMILES string of the molecule is O=C(Cc1ccccc1)Nc1ccc2c(c1)CN(C1CCCc3ccccc31)C(=O)CO2. The number of ether oxygens (including phenoxy) is 1. The molecule has 2 aliphatic rings. The lowest BCUT2D eigenvalue weighted by molar-refractivity contribution is -0.136. The predicted molar refractivity (Wildman–Crippen MR) is 123 cm³/mol. The van der Waals surface area contributed by atoms with Crippen molar-refractivity contribution in [2.45, 2.75) is 38.3 Å². The van der Waals surface area contributed by atoms with E-state index in [9.17, 15) is 9.59 Å². The lowest BCUT2D eigenvalue weighted by Crippen LogP contribution is -2.37. The molecule has 1 aliphatic heterocycles. The van der Waals surface area contributed by atoms with E-state index >= 15 is 0 Å². The van der Waals surface area contributed by atoms with Crippen molar-refractivity contribution in [3.63, 3.8) is 0 Å². The molecule has 5 nitrogen and oxygen atoms in total. The van der Waals surface area contributed by atoms with E-state index in [4.69, 9.17) is 4.74 Å². The maximum absolute atomic E-state index is 13.0. The number of benzene rings is 3. The Balaban J connectivity index is 1.37. The van der Waals surface area contributed by atoms with Crippen molar-refractivity contribution in [2.75, 3.05) is 11.9 Å². The van der Waals surface area contributed by atoms with E-state index in [1.54, 1.807) is 0 Å². The topological polar surface area (TPSA) is 58.6 Å². The Labute approximate surface area is 188 Å². The van der Waals surface area contributed by atoms with E-state index in [-0.39, 0.29) is 24.5 Å². The summed E-state index contributed by atoms with van der Waals surface area (Å²) in [5.74, 6) is 0.628. The Kier molecular flexibility index (Phi) is 5.63. The summed E-state index contributed by atoms with van der Waals surface area (Å²) in [5, 5.41) is 2.98. The molecule has 3 aromatic carbocycles. The van der Waals surface area contributed by atoms with Gasteiger partial charge in [-0.05, 0) is 54.2 Å². The molecule has 0 fully saturated rings. The van der Waals surface area contributed by atoms with Crippen LogP contribution in [0, 0.1) is 0 Å². The van der Waals surface area contributed by atoms with Crippen LogP contribution in [0.3, 0.4) is 0 Å². The first-order valence-corrected chi connectivity index (χ1v) is 11.1. The minimum atomic E-state index is -0.0696. The molecule has 0 saturated heterocycles. The first-order valence-electron chi connectivity index (χ1n) is 11.1. The fourth-order valence-electron chi connectivity index (χ4n) is 4.74. The summed E-state index contributed by atoms with van der Waals surface area (Å²) in [6, 6.07) is 23.7. The number of nitrogens with one attached hydrogen (secondary N) is 1. The van der Waals surface area contributed by atoms with Gasteiger partial charge in [0.05, 0.1) is 19.0 Å². The van der Waals surface area contributed by atoms with Gasteiger partial charge in [0, 0.05) is 11.3 Å². The highest BCUT2D eigenvalue weighted by Crippen LogP contribution is 2.37. The average molecular weight is 427 g/mol. The van der Waals surface area contributed by atoms with Crippen LogP contribution >= 0.6 is 0 Å². The summed E-state index contributed by atoms with van der Waals surface area (Å²) in [7, 11) is 0. The highest BCUT2D eigenvalue weighted by atomic mass is 16.5. The minimum Gasteiger partial charge on any atom is -0.483 e. The molecule has 32 heavy (non-hydrogen) atoms. The van der Waals surface area contributed by atoms with Gasteiger partial charge in [-0.1, -0.05) is 54.6 Å². The fraction of sp³-hybridized carbons (Fsp3) is 0.259. The summed E-state index contributed by atoms with van der Waals surface area (Å²) >= 11 is 0. The Morgan fingerprint density at radius 1 is 1.00 bits per heavy atom. The molecule has 1 aliphatic carbocycles. The van der Waals surface area contributed by atoms with Crippen LogP contribution in [-0.4, -0.2) is 23.3 Å². The van der Waals surface area contributed by atoms with Crippen LogP contribution in [-0.2, 0) is 29.0 Å². The second-order valence-electron chi connectivity index (χ2n) is 8.45. The zero-order chi connectivity index (χ0) is 21.9. The average Bonchev–Trinajstić information content (AvgIpc) is 2.98. The first-order chi connectivity index (χ1) is 15.7. The lowest BCUT2D eigenvalue weighted by atomic mass is 9.86. The maximum Gasteiger partial charge on any atom is 0.261 e. The van der Waals surface area contributed by atoms with Gasteiger partial charge in [0.25, 0.3) is 5.91 Å². The number of amides is 2. The van der Waals surface area contributed by atoms with Crippen LogP contribution in [0.4, 0.5) is 5.69 Å². The van der Waals surface area contributed by atoms with E-state index in [0.717, 1.165) is 30.4 Å². The number of carbonyl (C=O) groups excluding carboxylic acids is 2. The van der Waals surface area contributed by atoms with E-state index in [1.165, 1.54) is 11.1 Å². The van der Waals surface area contributed by atoms with Crippen LogP contribution in [0.2, 0.25) is 0 Å². The maximum atomic E-state index is 13.0. The van der Waals surface area contributed by atoms with Gasteiger partial charge in [0.15, 0.2) is 6.61 Å². The third-order valence-corrected chi connectivity index (χ3v) is 6.28. The molecule has 0 radical (unpaired) electrons. The second-order valence-corrected chi connectivity index (χ2v) is 8.45. The molecule has 1 N–H and O–H groups in total. The molecule has 1 unspecified atom stereocenters. The largest absolute Gasteiger partial charge is 0.483 e. The van der Waals surface area contributed by atoms with Gasteiger partial charge in [-0.3, -0.25) is 9.59 Å². The molecule has 5 heteroatoms. The van der Waals surface area contributed by atoms with Crippen molar-refractivity contribution in [2.24, 2.45) is 0 Å². The smallest absolute Gasteiger partial charge is 0.261 e. The van der Waals surface area contributed by atoms with Crippen LogP contribution in [0.5, 0.6) is 5.75 Å². The van der Waals surface area contributed by atoms with Crippen molar-refractivity contribution >= 4 is 17.5 Å². The zero-order valence-electron chi connectivity index (χ0n) is 17.9. The number of fused-ring (bicyclic) bond motifs is 2. The van der Waals surface area contributed by atoms with Gasteiger partial charge >= 0.3 is 0 Å². The first kappa shape index (κ1) is 20.3. The van der Waals surface area contributed by atoms with Crippen molar-refractivity contribution in [3.8, 4) is 5.75 Å². The highest BCUT2D eigenvalue weighted by molar-refractivity contribution is 5.92. The van der Waals surface area contributed by atoms with Gasteiger partial charge in [-0.25, -0.2) is 0 Å². The van der Waals surface area contributed by atoms with Crippen LogP contribution in [0.25, 0.3) is 0 Å². The van der Waals surface area contributed by atoms with Crippen LogP contribution in [0.15, 0.2) is 72.8 Å². The number of carbonyl (C=O) groups is 2. The standard InChI is InChI=1S/C27H26N2O3/c30-26(15-19-7-2-1-3-8-19)28-22-13-14-25-21(16-22)17-29(27(31)18-32-25)24-12-6-10-20-9-4-5-11-23(20)24/h1-5,7-9,11,13-14,16,24H,6,10,12,15,17-18H2,(H,28,30). The van der Waals surface area contributed by atoms with Crippen molar-refractivity contribution in [1.29, 1.82) is 0 Å². The molecule has 3 aromatic rings. The van der Waals surface area contributed by atoms with Crippen molar-refractivity contribution < 1.29 is 14.3 Å². The van der Waals surface area contributed by atoms with Gasteiger partial charge in [-0.2, -0.15) is 0 Å². The van der Waals surface area contributed by atoms with Crippen molar-refractivity contribution in [3.05, 3.63) is 95.1 Å².